The van der Waals surface area contributed by atoms with Gasteiger partial charge >= 0.3 is 0 Å². The third-order valence-electron chi connectivity index (χ3n) is 5.69. The summed E-state index contributed by atoms with van der Waals surface area (Å²) in [6.45, 7) is 4.46. The lowest BCUT2D eigenvalue weighted by Gasteiger charge is -2.21. The van der Waals surface area contributed by atoms with E-state index in [4.69, 9.17) is 0 Å². The van der Waals surface area contributed by atoms with Gasteiger partial charge in [0.1, 0.15) is 6.04 Å². The topological polar surface area (TPSA) is 79.8 Å². The molecule has 0 saturated heterocycles. The Morgan fingerprint density at radius 1 is 0.806 bits per heavy atom. The van der Waals surface area contributed by atoms with E-state index in [2.05, 4.69) is 31.3 Å². The molecule has 0 fully saturated rings. The van der Waals surface area contributed by atoms with Crippen molar-refractivity contribution in [3.63, 3.8) is 0 Å². The first-order chi connectivity index (χ1) is 15.0. The van der Waals surface area contributed by atoms with E-state index in [1.165, 1.54) is 5.56 Å². The van der Waals surface area contributed by atoms with E-state index >= 15 is 0 Å². The lowest BCUT2D eigenvalue weighted by molar-refractivity contribution is -0.692. The van der Waals surface area contributed by atoms with Gasteiger partial charge in [0.05, 0.1) is 11.3 Å². The number of nitrogens with one attached hydrogen (secondary N) is 1. The Kier molecular flexibility index (Phi) is 5.78. The van der Waals surface area contributed by atoms with Gasteiger partial charge in [-0.05, 0) is 6.07 Å². The van der Waals surface area contributed by atoms with Gasteiger partial charge in [0.25, 0.3) is 5.91 Å². The van der Waals surface area contributed by atoms with Gasteiger partial charge in [-0.25, -0.2) is 0 Å². The van der Waals surface area contributed by atoms with Crippen LogP contribution >= 0.6 is 0 Å². The first kappa shape index (κ1) is 20.7. The molecule has 1 amide bonds. The van der Waals surface area contributed by atoms with Crippen molar-refractivity contribution in [2.75, 3.05) is 11.9 Å². The van der Waals surface area contributed by atoms with E-state index in [0.29, 0.717) is 28.3 Å². The summed E-state index contributed by atoms with van der Waals surface area (Å²) < 4.78 is 0. The molecule has 1 aliphatic carbocycles. The number of fused-ring (bicyclic) bond motifs is 2. The molecular formula is C26H25N2O3+. The van der Waals surface area contributed by atoms with Crippen molar-refractivity contribution >= 4 is 23.2 Å². The largest absolute Gasteiger partial charge is 0.332 e. The second kappa shape index (κ2) is 8.66. The number of carbonyl (C=O) groups is 3. The second-order valence-corrected chi connectivity index (χ2v) is 8.10. The molecule has 0 aromatic heterocycles. The van der Waals surface area contributed by atoms with Crippen molar-refractivity contribution in [2.24, 2.45) is 5.92 Å². The number of hydrogen-bond donors (Lipinski definition) is 2. The van der Waals surface area contributed by atoms with Crippen LogP contribution in [0.15, 0.2) is 72.8 Å². The third-order valence-corrected chi connectivity index (χ3v) is 5.69. The molecule has 3 aromatic rings. The SMILES string of the molecule is CC(C)[C@@H]([NH2+]CC(=O)Nc1cccc2c1C(=O)c1ccccc1C2=O)c1ccccc1. The van der Waals surface area contributed by atoms with E-state index in [1.807, 2.05) is 23.5 Å². The number of carbonyl (C=O) groups excluding carboxylic acids is 3. The van der Waals surface area contributed by atoms with E-state index in [9.17, 15) is 14.4 Å². The molecule has 0 saturated carbocycles. The molecule has 5 heteroatoms. The van der Waals surface area contributed by atoms with Gasteiger partial charge in [0, 0.05) is 28.2 Å². The summed E-state index contributed by atoms with van der Waals surface area (Å²) in [7, 11) is 0. The third kappa shape index (κ3) is 4.05. The Morgan fingerprint density at radius 2 is 1.42 bits per heavy atom. The van der Waals surface area contributed by atoms with Crippen molar-refractivity contribution in [1.29, 1.82) is 0 Å². The average Bonchev–Trinajstić information content (AvgIpc) is 2.78. The predicted molar refractivity (Wildman–Crippen MR) is 119 cm³/mol. The molecule has 0 radical (unpaired) electrons. The fraction of sp³-hybridized carbons (Fsp3) is 0.192. The van der Waals surface area contributed by atoms with Crippen LogP contribution in [0.25, 0.3) is 0 Å². The van der Waals surface area contributed by atoms with Crippen LogP contribution in [0.5, 0.6) is 0 Å². The van der Waals surface area contributed by atoms with Gasteiger partial charge in [-0.2, -0.15) is 0 Å². The predicted octanol–water partition coefficient (Wildman–Crippen LogP) is 3.36. The summed E-state index contributed by atoms with van der Waals surface area (Å²) in [5, 5.41) is 4.86. The van der Waals surface area contributed by atoms with Crippen LogP contribution in [0.1, 0.15) is 57.3 Å². The molecule has 0 unspecified atom stereocenters. The summed E-state index contributed by atoms with van der Waals surface area (Å²) >= 11 is 0. The molecule has 31 heavy (non-hydrogen) atoms. The molecule has 156 valence electrons. The number of amides is 1. The minimum absolute atomic E-state index is 0.145. The van der Waals surface area contributed by atoms with Crippen LogP contribution in [-0.2, 0) is 4.79 Å². The molecule has 0 spiro atoms. The Bertz CT molecular complexity index is 1150. The fourth-order valence-electron chi connectivity index (χ4n) is 4.15. The van der Waals surface area contributed by atoms with Gasteiger partial charge in [0.15, 0.2) is 18.1 Å². The summed E-state index contributed by atoms with van der Waals surface area (Å²) in [5.41, 5.74) is 2.92. The quantitative estimate of drug-likeness (QED) is 0.509. The molecule has 1 aliphatic rings. The number of quaternary nitrogens is 1. The second-order valence-electron chi connectivity index (χ2n) is 8.10. The minimum Gasteiger partial charge on any atom is -0.332 e. The number of nitrogens with two attached hydrogens (primary N) is 1. The Balaban J connectivity index is 1.54. The highest BCUT2D eigenvalue weighted by Gasteiger charge is 2.31. The number of hydrogen-bond acceptors (Lipinski definition) is 3. The molecule has 5 nitrogen and oxygen atoms in total. The highest BCUT2D eigenvalue weighted by atomic mass is 16.2. The zero-order valence-electron chi connectivity index (χ0n) is 17.6. The summed E-state index contributed by atoms with van der Waals surface area (Å²) in [6.07, 6.45) is 0. The van der Waals surface area contributed by atoms with Crippen LogP contribution in [0, 0.1) is 5.92 Å². The smallest absolute Gasteiger partial charge is 0.279 e. The van der Waals surface area contributed by atoms with Gasteiger partial charge in [-0.15, -0.1) is 0 Å². The zero-order chi connectivity index (χ0) is 22.0. The Morgan fingerprint density at radius 3 is 2.10 bits per heavy atom. The van der Waals surface area contributed by atoms with E-state index in [-0.39, 0.29) is 35.6 Å². The molecule has 4 rings (SSSR count). The van der Waals surface area contributed by atoms with Crippen LogP contribution in [-0.4, -0.2) is 24.0 Å². The van der Waals surface area contributed by atoms with Gasteiger partial charge in [-0.3, -0.25) is 14.4 Å². The summed E-state index contributed by atoms with van der Waals surface area (Å²) in [4.78, 5) is 38.7. The van der Waals surface area contributed by atoms with Crippen molar-refractivity contribution in [3.8, 4) is 0 Å². The number of benzene rings is 3. The molecule has 0 bridgehead atoms. The molecular weight excluding hydrogens is 388 g/mol. The van der Waals surface area contributed by atoms with Crippen molar-refractivity contribution < 1.29 is 19.7 Å². The van der Waals surface area contributed by atoms with Crippen LogP contribution in [0.4, 0.5) is 5.69 Å². The van der Waals surface area contributed by atoms with Gasteiger partial charge < -0.3 is 10.6 Å². The number of ketones is 2. The van der Waals surface area contributed by atoms with Crippen molar-refractivity contribution in [2.45, 2.75) is 19.9 Å². The van der Waals surface area contributed by atoms with Crippen LogP contribution in [0.3, 0.4) is 0 Å². The highest BCUT2D eigenvalue weighted by molar-refractivity contribution is 6.30. The van der Waals surface area contributed by atoms with Crippen molar-refractivity contribution in [1.82, 2.24) is 0 Å². The number of rotatable bonds is 6. The zero-order valence-corrected chi connectivity index (χ0v) is 17.6. The first-order valence-corrected chi connectivity index (χ1v) is 10.5. The van der Waals surface area contributed by atoms with Crippen LogP contribution < -0.4 is 10.6 Å². The maximum absolute atomic E-state index is 13.1. The number of anilines is 1. The Hall–Kier alpha value is -3.57. The van der Waals surface area contributed by atoms with E-state index in [1.54, 1.807) is 42.5 Å². The van der Waals surface area contributed by atoms with Gasteiger partial charge in [-0.1, -0.05) is 80.6 Å². The first-order valence-electron chi connectivity index (χ1n) is 10.5. The lowest BCUT2D eigenvalue weighted by Crippen LogP contribution is -2.88. The molecule has 1 atom stereocenters. The highest BCUT2D eigenvalue weighted by Crippen LogP contribution is 2.31. The van der Waals surface area contributed by atoms with Crippen molar-refractivity contribution in [3.05, 3.63) is 101 Å². The van der Waals surface area contributed by atoms with E-state index in [0.717, 1.165) is 0 Å². The van der Waals surface area contributed by atoms with Crippen LogP contribution in [0.2, 0.25) is 0 Å². The van der Waals surface area contributed by atoms with Gasteiger partial charge in [0.2, 0.25) is 0 Å². The summed E-state index contributed by atoms with van der Waals surface area (Å²) in [5.74, 6) is -0.310. The maximum atomic E-state index is 13.1. The average molecular weight is 413 g/mol. The molecule has 3 aromatic carbocycles. The normalized spacial score (nSPS) is 13.5. The van der Waals surface area contributed by atoms with E-state index < -0.39 is 0 Å². The molecule has 3 N–H and O–H groups in total. The molecule has 0 aliphatic heterocycles. The monoisotopic (exact) mass is 413 g/mol. The Labute approximate surface area is 181 Å². The lowest BCUT2D eigenvalue weighted by atomic mass is 9.83. The fourth-order valence-corrected chi connectivity index (χ4v) is 4.15. The minimum atomic E-state index is -0.241. The summed E-state index contributed by atoms with van der Waals surface area (Å²) in [6, 6.07) is 22.0. The maximum Gasteiger partial charge on any atom is 0.279 e. The standard InChI is InChI=1S/C26H24N2O3/c1-16(2)24(17-9-4-3-5-10-17)27-15-22(29)28-21-14-8-13-20-23(21)26(31)19-12-7-6-11-18(19)25(20)30/h3-14,16,24,27H,15H2,1-2H3,(H,28,29)/p+1/t24-/m1/s1. The molecule has 0 heterocycles.